The summed E-state index contributed by atoms with van der Waals surface area (Å²) in [6.07, 6.45) is 2.29. The van der Waals surface area contributed by atoms with Crippen molar-refractivity contribution in [3.63, 3.8) is 0 Å². The molecule has 2 heteroatoms. The van der Waals surface area contributed by atoms with Gasteiger partial charge in [0, 0.05) is 11.3 Å². The second kappa shape index (κ2) is 4.38. The predicted octanol–water partition coefficient (Wildman–Crippen LogP) is 2.14. The lowest BCUT2D eigenvalue weighted by atomic mass is 9.49. The summed E-state index contributed by atoms with van der Waals surface area (Å²) in [5, 5.41) is 2.60. The number of benzene rings is 3. The van der Waals surface area contributed by atoms with Crippen molar-refractivity contribution >= 4 is 30.2 Å². The molecule has 3 aromatic carbocycles. The highest BCUT2D eigenvalue weighted by Crippen LogP contribution is 2.35. The van der Waals surface area contributed by atoms with E-state index in [0.29, 0.717) is 0 Å². The van der Waals surface area contributed by atoms with Crippen molar-refractivity contribution in [2.45, 2.75) is 0 Å². The van der Waals surface area contributed by atoms with Gasteiger partial charge >= 0.3 is 6.85 Å². The number of anilines is 1. The Morgan fingerprint density at radius 1 is 0.636 bits per heavy atom. The van der Waals surface area contributed by atoms with Gasteiger partial charge in [-0.1, -0.05) is 72.7 Å². The molecule has 3 aromatic rings. The maximum atomic E-state index is 2.40. The highest BCUT2D eigenvalue weighted by molar-refractivity contribution is 6.91. The summed E-state index contributed by atoms with van der Waals surface area (Å²) in [4.78, 5) is 2.40. The molecule has 1 nitrogen and oxygen atoms in total. The third-order valence-corrected chi connectivity index (χ3v) is 4.66. The number of hydrogen-bond donors (Lipinski definition) is 0. The molecule has 0 radical (unpaired) electrons. The molecule has 22 heavy (non-hydrogen) atoms. The van der Waals surface area contributed by atoms with Crippen molar-refractivity contribution in [1.29, 1.82) is 0 Å². The molecule has 0 fully saturated rings. The van der Waals surface area contributed by atoms with Gasteiger partial charge in [-0.05, 0) is 33.7 Å². The Morgan fingerprint density at radius 3 is 2.23 bits per heavy atom. The van der Waals surface area contributed by atoms with E-state index in [2.05, 4.69) is 89.8 Å². The van der Waals surface area contributed by atoms with Crippen molar-refractivity contribution in [3.05, 3.63) is 83.2 Å². The average molecular weight is 279 g/mol. The lowest BCUT2D eigenvalue weighted by molar-refractivity contribution is 1.39. The molecule has 0 atom stereocenters. The average Bonchev–Trinajstić information content (AvgIpc) is 2.61. The van der Waals surface area contributed by atoms with Crippen LogP contribution in [0.15, 0.2) is 72.8 Å². The van der Waals surface area contributed by atoms with E-state index in [1.807, 2.05) is 0 Å². The number of para-hydroxylation sites is 1. The molecule has 2 aliphatic heterocycles. The normalized spacial score (nSPS) is 14.0. The Labute approximate surface area is 129 Å². The number of fused-ring (bicyclic) bond motifs is 7. The zero-order valence-corrected chi connectivity index (χ0v) is 12.1. The fourth-order valence-electron chi connectivity index (χ4n) is 3.65. The van der Waals surface area contributed by atoms with Crippen LogP contribution in [-0.4, -0.2) is 6.85 Å². The molecular formula is C20H14BN. The largest absolute Gasteiger partial charge is 0.382 e. The molecule has 0 spiro atoms. The van der Waals surface area contributed by atoms with Crippen molar-refractivity contribution < 1.29 is 0 Å². The maximum Gasteiger partial charge on any atom is 0.321 e. The number of hydrogen-bond acceptors (Lipinski definition) is 1. The summed E-state index contributed by atoms with van der Waals surface area (Å²) < 4.78 is 0. The van der Waals surface area contributed by atoms with Crippen LogP contribution in [0, 0.1) is 0 Å². The maximum absolute atomic E-state index is 2.40. The number of nitrogens with zero attached hydrogens (tertiary/aromatic N) is 1. The minimum atomic E-state index is 0.279. The van der Waals surface area contributed by atoms with E-state index in [4.69, 9.17) is 0 Å². The fourth-order valence-corrected chi connectivity index (χ4v) is 3.65. The van der Waals surface area contributed by atoms with Gasteiger partial charge in [0.15, 0.2) is 0 Å². The Balaban J connectivity index is 1.89. The third-order valence-electron chi connectivity index (χ3n) is 4.66. The first-order chi connectivity index (χ1) is 10.9. The fraction of sp³-hybridized carbons (Fsp3) is 0. The van der Waals surface area contributed by atoms with Gasteiger partial charge in [0.1, 0.15) is 0 Å². The topological polar surface area (TPSA) is 3.24 Å². The smallest absolute Gasteiger partial charge is 0.321 e. The summed E-state index contributed by atoms with van der Waals surface area (Å²) in [5.41, 5.74) is 5.34. The van der Waals surface area contributed by atoms with E-state index in [0.717, 1.165) is 0 Å². The van der Waals surface area contributed by atoms with Gasteiger partial charge in [-0.3, -0.25) is 0 Å². The lowest BCUT2D eigenvalue weighted by Crippen LogP contribution is -2.53. The molecule has 0 bridgehead atoms. The van der Waals surface area contributed by atoms with Crippen molar-refractivity contribution in [2.75, 3.05) is 4.81 Å². The highest BCUT2D eigenvalue weighted by atomic mass is 15.1. The first kappa shape index (κ1) is 11.9. The summed E-state index contributed by atoms with van der Waals surface area (Å²) >= 11 is 0. The lowest BCUT2D eigenvalue weighted by Gasteiger charge is -2.36. The second-order valence-electron chi connectivity index (χ2n) is 5.88. The van der Waals surface area contributed by atoms with E-state index in [1.165, 1.54) is 32.7 Å². The van der Waals surface area contributed by atoms with Gasteiger partial charge in [-0.15, -0.1) is 0 Å². The minimum Gasteiger partial charge on any atom is -0.382 e. The third kappa shape index (κ3) is 1.55. The van der Waals surface area contributed by atoms with E-state index in [-0.39, 0.29) is 6.85 Å². The van der Waals surface area contributed by atoms with Crippen molar-refractivity contribution in [1.82, 2.24) is 0 Å². The van der Waals surface area contributed by atoms with Crippen LogP contribution in [0.2, 0.25) is 0 Å². The van der Waals surface area contributed by atoms with Crippen molar-refractivity contribution in [2.24, 2.45) is 0 Å². The van der Waals surface area contributed by atoms with Crippen LogP contribution in [0.1, 0.15) is 0 Å². The molecular weight excluding hydrogens is 265 g/mol. The predicted molar refractivity (Wildman–Crippen MR) is 94.4 cm³/mol. The summed E-state index contributed by atoms with van der Waals surface area (Å²) in [7, 11) is 0. The van der Waals surface area contributed by atoms with Crippen LogP contribution in [-0.2, 0) is 0 Å². The Morgan fingerprint density at radius 2 is 1.32 bits per heavy atom. The summed E-state index contributed by atoms with van der Waals surface area (Å²) in [5.74, 6) is 2.38. The molecule has 5 rings (SSSR count). The Bertz CT molecular complexity index is 923. The van der Waals surface area contributed by atoms with Crippen molar-refractivity contribution in [3.8, 4) is 11.1 Å². The second-order valence-corrected chi connectivity index (χ2v) is 5.88. The number of rotatable bonds is 0. The standard InChI is InChI=1S/C20H14BN/c1-2-8-16-14-22-20-12-6-4-10-18(20)17-9-3-5-11-19(17)21(22)13-15(16)7-1/h1-14H. The van der Waals surface area contributed by atoms with Gasteiger partial charge in [-0.2, -0.15) is 0 Å². The molecule has 0 amide bonds. The van der Waals surface area contributed by atoms with Gasteiger partial charge in [0.05, 0.1) is 0 Å². The van der Waals surface area contributed by atoms with E-state index in [9.17, 15) is 0 Å². The molecule has 0 saturated carbocycles. The molecule has 2 aliphatic rings. The molecule has 0 aromatic heterocycles. The zero-order valence-electron chi connectivity index (χ0n) is 12.1. The van der Waals surface area contributed by atoms with Crippen LogP contribution in [0.3, 0.4) is 0 Å². The molecule has 0 aliphatic carbocycles. The van der Waals surface area contributed by atoms with Crippen LogP contribution >= 0.6 is 0 Å². The summed E-state index contributed by atoms with van der Waals surface area (Å²) in [6.45, 7) is 0.279. The van der Waals surface area contributed by atoms with Crippen LogP contribution in [0.5, 0.6) is 0 Å². The van der Waals surface area contributed by atoms with Gasteiger partial charge < -0.3 is 4.81 Å². The Kier molecular flexibility index (Phi) is 2.36. The van der Waals surface area contributed by atoms with Crippen LogP contribution in [0.4, 0.5) is 5.69 Å². The van der Waals surface area contributed by atoms with Gasteiger partial charge in [0.2, 0.25) is 0 Å². The first-order valence-corrected chi connectivity index (χ1v) is 7.67. The molecule has 102 valence electrons. The molecule has 0 unspecified atom stereocenters. The SMILES string of the molecule is C1=c2ccccc2=CN2B1c1ccccc1-c1ccccc12. The van der Waals surface area contributed by atoms with E-state index in [1.54, 1.807) is 0 Å². The highest BCUT2D eigenvalue weighted by Gasteiger charge is 2.32. The quantitative estimate of drug-likeness (QED) is 0.570. The molecule has 0 saturated heterocycles. The summed E-state index contributed by atoms with van der Waals surface area (Å²) in [6, 6.07) is 26.0. The Hall–Kier alpha value is -2.74. The van der Waals surface area contributed by atoms with Gasteiger partial charge in [-0.25, -0.2) is 0 Å². The monoisotopic (exact) mass is 279 g/mol. The first-order valence-electron chi connectivity index (χ1n) is 7.67. The molecule has 2 heterocycles. The minimum absolute atomic E-state index is 0.279. The van der Waals surface area contributed by atoms with E-state index >= 15 is 0 Å². The van der Waals surface area contributed by atoms with Gasteiger partial charge in [0.25, 0.3) is 0 Å². The van der Waals surface area contributed by atoms with E-state index < -0.39 is 0 Å². The zero-order chi connectivity index (χ0) is 14.5. The van der Waals surface area contributed by atoms with Crippen LogP contribution < -0.4 is 20.7 Å². The molecule has 0 N–H and O–H groups in total. The van der Waals surface area contributed by atoms with Crippen LogP contribution in [0.25, 0.3) is 23.3 Å².